The van der Waals surface area contributed by atoms with E-state index in [2.05, 4.69) is 0 Å². The van der Waals surface area contributed by atoms with Crippen molar-refractivity contribution in [1.29, 1.82) is 5.26 Å². The molecule has 20 heavy (non-hydrogen) atoms. The number of rotatable bonds is 3. The van der Waals surface area contributed by atoms with Gasteiger partial charge in [0.25, 0.3) is 0 Å². The highest BCUT2D eigenvalue weighted by Crippen LogP contribution is 2.32. The fraction of sp³-hybridized carbons (Fsp3) is 0. The molecule has 0 fully saturated rings. The molecule has 0 aliphatic heterocycles. The first-order valence-electron chi connectivity index (χ1n) is 5.42. The van der Waals surface area contributed by atoms with Crippen LogP contribution in [0, 0.1) is 14.9 Å². The van der Waals surface area contributed by atoms with E-state index in [1.807, 2.05) is 28.7 Å². The second-order valence-electron chi connectivity index (χ2n) is 3.78. The van der Waals surface area contributed by atoms with E-state index in [9.17, 15) is 4.79 Å². The van der Waals surface area contributed by atoms with Crippen molar-refractivity contribution in [2.75, 3.05) is 0 Å². The highest BCUT2D eigenvalue weighted by Gasteiger charge is 2.12. The Bertz CT molecular complexity index is 725. The van der Waals surface area contributed by atoms with Gasteiger partial charge in [-0.2, -0.15) is 5.26 Å². The van der Waals surface area contributed by atoms with Crippen LogP contribution in [0.3, 0.4) is 0 Å². The molecule has 2 aromatic carbocycles. The van der Waals surface area contributed by atoms with Crippen LogP contribution < -0.4 is 4.74 Å². The molecule has 2 rings (SSSR count). The van der Waals surface area contributed by atoms with Crippen LogP contribution in [0.1, 0.15) is 15.9 Å². The van der Waals surface area contributed by atoms with Gasteiger partial charge in [0.15, 0.2) is 0 Å². The molecule has 0 bridgehead atoms. The smallest absolute Gasteiger partial charge is 0.335 e. The van der Waals surface area contributed by atoms with Crippen molar-refractivity contribution < 1.29 is 14.6 Å². The van der Waals surface area contributed by atoms with Crippen molar-refractivity contribution in [3.05, 3.63) is 56.1 Å². The Morgan fingerprint density at radius 3 is 2.70 bits per heavy atom. The molecule has 0 unspecified atom stereocenters. The standard InChI is InChI=1S/C14H7ClINO3/c15-10-2-1-3-12(9(10)7-17)20-13-6-8(14(18)19)4-5-11(13)16/h1-6H,(H,18,19). The molecule has 0 aromatic heterocycles. The number of ether oxygens (including phenoxy) is 1. The highest BCUT2D eigenvalue weighted by atomic mass is 127. The lowest BCUT2D eigenvalue weighted by Crippen LogP contribution is -1.98. The molecular formula is C14H7ClINO3. The Morgan fingerprint density at radius 1 is 1.30 bits per heavy atom. The molecule has 2 aromatic rings. The third-order valence-electron chi connectivity index (χ3n) is 2.49. The third kappa shape index (κ3) is 3.03. The van der Waals surface area contributed by atoms with E-state index in [0.717, 1.165) is 3.57 Å². The van der Waals surface area contributed by atoms with Gasteiger partial charge in [-0.25, -0.2) is 4.79 Å². The van der Waals surface area contributed by atoms with Gasteiger partial charge in [-0.05, 0) is 52.9 Å². The maximum atomic E-state index is 11.0. The minimum absolute atomic E-state index is 0.112. The van der Waals surface area contributed by atoms with Gasteiger partial charge in [-0.3, -0.25) is 0 Å². The first kappa shape index (κ1) is 14.6. The summed E-state index contributed by atoms with van der Waals surface area (Å²) in [5, 5.41) is 18.3. The zero-order valence-corrected chi connectivity index (χ0v) is 12.8. The van der Waals surface area contributed by atoms with E-state index < -0.39 is 5.97 Å². The van der Waals surface area contributed by atoms with Gasteiger partial charge in [0.2, 0.25) is 0 Å². The molecule has 0 amide bonds. The zero-order valence-electron chi connectivity index (χ0n) is 9.93. The van der Waals surface area contributed by atoms with Crippen LogP contribution in [0.4, 0.5) is 0 Å². The van der Waals surface area contributed by atoms with Crippen LogP contribution in [0.2, 0.25) is 5.02 Å². The SMILES string of the molecule is N#Cc1c(Cl)cccc1Oc1cc(C(=O)O)ccc1I. The average Bonchev–Trinajstić information content (AvgIpc) is 2.41. The van der Waals surface area contributed by atoms with Gasteiger partial charge in [0.05, 0.1) is 14.2 Å². The van der Waals surface area contributed by atoms with E-state index in [0.29, 0.717) is 11.5 Å². The predicted molar refractivity (Wildman–Crippen MR) is 82.4 cm³/mol. The lowest BCUT2D eigenvalue weighted by Gasteiger charge is -2.10. The number of halogens is 2. The van der Waals surface area contributed by atoms with E-state index in [1.54, 1.807) is 24.3 Å². The average molecular weight is 400 g/mol. The number of carboxylic acids is 1. The minimum Gasteiger partial charge on any atom is -0.478 e. The summed E-state index contributed by atoms with van der Waals surface area (Å²) in [6, 6.07) is 11.3. The normalized spacial score (nSPS) is 9.85. The van der Waals surface area contributed by atoms with E-state index in [1.165, 1.54) is 12.1 Å². The van der Waals surface area contributed by atoms with Gasteiger partial charge in [-0.15, -0.1) is 0 Å². The number of nitriles is 1. The van der Waals surface area contributed by atoms with Gasteiger partial charge >= 0.3 is 5.97 Å². The molecule has 0 aliphatic carbocycles. The number of hydrogen-bond acceptors (Lipinski definition) is 3. The maximum absolute atomic E-state index is 11.0. The van der Waals surface area contributed by atoms with Crippen LogP contribution in [0.15, 0.2) is 36.4 Å². The van der Waals surface area contributed by atoms with E-state index >= 15 is 0 Å². The summed E-state index contributed by atoms with van der Waals surface area (Å²) in [7, 11) is 0. The number of hydrogen-bond donors (Lipinski definition) is 1. The van der Waals surface area contributed by atoms with Crippen molar-refractivity contribution in [3.8, 4) is 17.6 Å². The summed E-state index contributed by atoms with van der Waals surface area (Å²) in [6.45, 7) is 0. The van der Waals surface area contributed by atoms with Crippen LogP contribution in [-0.4, -0.2) is 11.1 Å². The first-order chi connectivity index (χ1) is 9.52. The largest absolute Gasteiger partial charge is 0.478 e. The van der Waals surface area contributed by atoms with Gasteiger partial charge in [-0.1, -0.05) is 17.7 Å². The Balaban J connectivity index is 2.45. The Kier molecular flexibility index (Phi) is 4.47. The van der Waals surface area contributed by atoms with Crippen LogP contribution >= 0.6 is 34.2 Å². The molecule has 0 atom stereocenters. The van der Waals surface area contributed by atoms with E-state index in [4.69, 9.17) is 26.7 Å². The summed E-state index contributed by atoms with van der Waals surface area (Å²) >= 11 is 7.94. The fourth-order valence-corrected chi connectivity index (χ4v) is 2.18. The second kappa shape index (κ2) is 6.11. The first-order valence-corrected chi connectivity index (χ1v) is 6.88. The molecule has 6 heteroatoms. The molecule has 100 valence electrons. The van der Waals surface area contributed by atoms with Crippen molar-refractivity contribution in [1.82, 2.24) is 0 Å². The molecule has 0 saturated heterocycles. The number of nitrogens with zero attached hydrogens (tertiary/aromatic N) is 1. The summed E-state index contributed by atoms with van der Waals surface area (Å²) in [5.41, 5.74) is 0.326. The molecule has 0 heterocycles. The number of carboxylic acid groups (broad SMARTS) is 1. The quantitative estimate of drug-likeness (QED) is 0.781. The van der Waals surface area contributed by atoms with E-state index in [-0.39, 0.29) is 16.1 Å². The molecule has 4 nitrogen and oxygen atoms in total. The van der Waals surface area contributed by atoms with Gasteiger partial charge in [0.1, 0.15) is 23.1 Å². The predicted octanol–water partition coefficient (Wildman–Crippen LogP) is 4.31. The maximum Gasteiger partial charge on any atom is 0.335 e. The fourth-order valence-electron chi connectivity index (χ4n) is 1.53. The molecule has 0 aliphatic rings. The highest BCUT2D eigenvalue weighted by molar-refractivity contribution is 14.1. The van der Waals surface area contributed by atoms with Crippen molar-refractivity contribution in [2.45, 2.75) is 0 Å². The van der Waals surface area contributed by atoms with Gasteiger partial charge in [0, 0.05) is 0 Å². The monoisotopic (exact) mass is 399 g/mol. The Labute approximate surface area is 133 Å². The topological polar surface area (TPSA) is 70.3 Å². The second-order valence-corrected chi connectivity index (χ2v) is 5.35. The Hall–Kier alpha value is -1.78. The molecule has 0 spiro atoms. The van der Waals surface area contributed by atoms with Crippen LogP contribution in [0.5, 0.6) is 11.5 Å². The van der Waals surface area contributed by atoms with Crippen molar-refractivity contribution >= 4 is 40.2 Å². The lowest BCUT2D eigenvalue weighted by atomic mass is 10.2. The van der Waals surface area contributed by atoms with Crippen LogP contribution in [-0.2, 0) is 0 Å². The number of benzene rings is 2. The lowest BCUT2D eigenvalue weighted by molar-refractivity contribution is 0.0696. The van der Waals surface area contributed by atoms with Crippen LogP contribution in [0.25, 0.3) is 0 Å². The summed E-state index contributed by atoms with van der Waals surface area (Å²) < 4.78 is 6.36. The zero-order chi connectivity index (χ0) is 14.7. The molecule has 0 radical (unpaired) electrons. The molecule has 0 saturated carbocycles. The summed E-state index contributed by atoms with van der Waals surface area (Å²) in [4.78, 5) is 11.0. The van der Waals surface area contributed by atoms with Gasteiger partial charge < -0.3 is 9.84 Å². The summed E-state index contributed by atoms with van der Waals surface area (Å²) in [6.07, 6.45) is 0. The Morgan fingerprint density at radius 2 is 2.05 bits per heavy atom. The molecule has 1 N–H and O–H groups in total. The third-order valence-corrected chi connectivity index (χ3v) is 3.69. The number of aromatic carboxylic acids is 1. The van der Waals surface area contributed by atoms with Crippen molar-refractivity contribution in [2.24, 2.45) is 0 Å². The minimum atomic E-state index is -1.04. The molecular weight excluding hydrogens is 393 g/mol. The summed E-state index contributed by atoms with van der Waals surface area (Å²) in [5.74, 6) is -0.387. The van der Waals surface area contributed by atoms with Crippen molar-refractivity contribution in [3.63, 3.8) is 0 Å². The number of carbonyl (C=O) groups is 1.